The summed E-state index contributed by atoms with van der Waals surface area (Å²) in [5, 5.41) is 0. The molecule has 1 aliphatic carbocycles. The maximum atomic E-state index is 6.33. The molecule has 2 heteroatoms. The lowest BCUT2D eigenvalue weighted by atomic mass is 9.77. The number of nitrogens with zero attached hydrogens (tertiary/aromatic N) is 1. The number of rotatable bonds is 4. The van der Waals surface area contributed by atoms with Gasteiger partial charge in [-0.15, -0.1) is 0 Å². The van der Waals surface area contributed by atoms with E-state index in [1.165, 1.54) is 58.0 Å². The van der Waals surface area contributed by atoms with Crippen LogP contribution in [0.2, 0.25) is 0 Å². The largest absolute Gasteiger partial charge is 0.327 e. The molecule has 2 aliphatic rings. The summed E-state index contributed by atoms with van der Waals surface area (Å²) in [5.41, 5.74) is 6.33. The normalized spacial score (nSPS) is 39.7. The molecule has 1 heterocycles. The Bertz CT molecular complexity index is 229. The molecule has 2 rings (SSSR count). The molecule has 0 spiro atoms. The SMILES string of the molecule is CCC1CCC(N)C(CN2CCCC2CC)C1. The number of hydrogen-bond acceptors (Lipinski definition) is 2. The van der Waals surface area contributed by atoms with Gasteiger partial charge in [-0.05, 0) is 56.9 Å². The van der Waals surface area contributed by atoms with Crippen molar-refractivity contribution in [2.45, 2.75) is 70.9 Å². The predicted octanol–water partition coefficient (Wildman–Crippen LogP) is 3.01. The van der Waals surface area contributed by atoms with E-state index in [4.69, 9.17) is 5.73 Å². The molecule has 0 aromatic carbocycles. The molecule has 4 atom stereocenters. The zero-order valence-electron chi connectivity index (χ0n) is 11.7. The maximum absolute atomic E-state index is 6.33. The number of nitrogens with two attached hydrogens (primary N) is 1. The molecule has 0 bridgehead atoms. The van der Waals surface area contributed by atoms with E-state index in [-0.39, 0.29) is 0 Å². The lowest BCUT2D eigenvalue weighted by molar-refractivity contribution is 0.144. The van der Waals surface area contributed by atoms with Crippen LogP contribution in [0.1, 0.15) is 58.8 Å². The van der Waals surface area contributed by atoms with Crippen molar-refractivity contribution in [3.63, 3.8) is 0 Å². The van der Waals surface area contributed by atoms with Gasteiger partial charge in [-0.1, -0.05) is 20.3 Å². The molecule has 2 nitrogen and oxygen atoms in total. The summed E-state index contributed by atoms with van der Waals surface area (Å²) in [5.74, 6) is 1.71. The van der Waals surface area contributed by atoms with Gasteiger partial charge in [-0.3, -0.25) is 0 Å². The van der Waals surface area contributed by atoms with Crippen LogP contribution in [0.15, 0.2) is 0 Å². The van der Waals surface area contributed by atoms with Crippen molar-refractivity contribution in [2.75, 3.05) is 13.1 Å². The summed E-state index contributed by atoms with van der Waals surface area (Å²) in [6, 6.07) is 1.32. The van der Waals surface area contributed by atoms with Crippen LogP contribution < -0.4 is 5.73 Å². The molecular weight excluding hydrogens is 208 g/mol. The smallest absolute Gasteiger partial charge is 0.00932 e. The second-order valence-electron chi connectivity index (χ2n) is 6.21. The van der Waals surface area contributed by atoms with E-state index in [9.17, 15) is 0 Å². The topological polar surface area (TPSA) is 29.3 Å². The summed E-state index contributed by atoms with van der Waals surface area (Å²) in [4.78, 5) is 2.72. The van der Waals surface area contributed by atoms with Gasteiger partial charge in [0.15, 0.2) is 0 Å². The predicted molar refractivity (Wildman–Crippen MR) is 74.0 cm³/mol. The zero-order valence-corrected chi connectivity index (χ0v) is 11.7. The number of hydrogen-bond donors (Lipinski definition) is 1. The fourth-order valence-corrected chi connectivity index (χ4v) is 3.86. The van der Waals surface area contributed by atoms with Gasteiger partial charge in [0.05, 0.1) is 0 Å². The van der Waals surface area contributed by atoms with Crippen LogP contribution in [-0.2, 0) is 0 Å². The van der Waals surface area contributed by atoms with Crippen LogP contribution in [0.25, 0.3) is 0 Å². The third-order valence-corrected chi connectivity index (χ3v) is 5.17. The molecule has 1 saturated heterocycles. The Labute approximate surface area is 107 Å². The highest BCUT2D eigenvalue weighted by Crippen LogP contribution is 2.32. The van der Waals surface area contributed by atoms with Crippen molar-refractivity contribution in [3.05, 3.63) is 0 Å². The van der Waals surface area contributed by atoms with Gasteiger partial charge in [0.25, 0.3) is 0 Å². The molecule has 4 unspecified atom stereocenters. The van der Waals surface area contributed by atoms with E-state index in [1.807, 2.05) is 0 Å². The molecule has 2 N–H and O–H groups in total. The average molecular weight is 238 g/mol. The Morgan fingerprint density at radius 3 is 2.65 bits per heavy atom. The van der Waals surface area contributed by atoms with E-state index in [0.717, 1.165) is 17.9 Å². The maximum Gasteiger partial charge on any atom is 0.00932 e. The highest BCUT2D eigenvalue weighted by Gasteiger charge is 2.31. The Balaban J connectivity index is 1.87. The summed E-state index contributed by atoms with van der Waals surface area (Å²) in [6.07, 6.45) is 9.48. The van der Waals surface area contributed by atoms with E-state index < -0.39 is 0 Å². The fraction of sp³-hybridized carbons (Fsp3) is 1.00. The first-order valence-corrected chi connectivity index (χ1v) is 7.74. The third kappa shape index (κ3) is 3.23. The molecule has 0 amide bonds. The molecule has 1 saturated carbocycles. The lowest BCUT2D eigenvalue weighted by Gasteiger charge is -2.37. The van der Waals surface area contributed by atoms with Crippen LogP contribution in [0, 0.1) is 11.8 Å². The van der Waals surface area contributed by atoms with Crippen molar-refractivity contribution >= 4 is 0 Å². The Hall–Kier alpha value is -0.0800. The minimum atomic E-state index is 0.468. The minimum absolute atomic E-state index is 0.468. The molecule has 0 radical (unpaired) electrons. The van der Waals surface area contributed by atoms with E-state index in [1.54, 1.807) is 0 Å². The van der Waals surface area contributed by atoms with Crippen molar-refractivity contribution in [1.82, 2.24) is 4.90 Å². The highest BCUT2D eigenvalue weighted by molar-refractivity contribution is 4.87. The zero-order chi connectivity index (χ0) is 12.3. The van der Waals surface area contributed by atoms with Crippen molar-refractivity contribution < 1.29 is 0 Å². The second kappa shape index (κ2) is 6.19. The van der Waals surface area contributed by atoms with Crippen LogP contribution in [0.3, 0.4) is 0 Å². The van der Waals surface area contributed by atoms with Crippen LogP contribution in [-0.4, -0.2) is 30.1 Å². The summed E-state index contributed by atoms with van der Waals surface area (Å²) in [7, 11) is 0. The van der Waals surface area contributed by atoms with Gasteiger partial charge in [-0.2, -0.15) is 0 Å². The quantitative estimate of drug-likeness (QED) is 0.816. The second-order valence-corrected chi connectivity index (χ2v) is 6.21. The van der Waals surface area contributed by atoms with Crippen LogP contribution >= 0.6 is 0 Å². The average Bonchev–Trinajstić information content (AvgIpc) is 2.79. The van der Waals surface area contributed by atoms with Crippen molar-refractivity contribution in [1.29, 1.82) is 0 Å². The third-order valence-electron chi connectivity index (χ3n) is 5.17. The first-order valence-electron chi connectivity index (χ1n) is 7.74. The van der Waals surface area contributed by atoms with E-state index in [2.05, 4.69) is 18.7 Å². The molecule has 17 heavy (non-hydrogen) atoms. The van der Waals surface area contributed by atoms with Gasteiger partial charge < -0.3 is 10.6 Å². The Morgan fingerprint density at radius 2 is 1.94 bits per heavy atom. The van der Waals surface area contributed by atoms with Crippen molar-refractivity contribution in [3.8, 4) is 0 Å². The van der Waals surface area contributed by atoms with Gasteiger partial charge in [0.2, 0.25) is 0 Å². The summed E-state index contributed by atoms with van der Waals surface area (Å²) in [6.45, 7) is 7.26. The van der Waals surface area contributed by atoms with Gasteiger partial charge in [-0.25, -0.2) is 0 Å². The molecular formula is C15H30N2. The minimum Gasteiger partial charge on any atom is -0.327 e. The molecule has 2 fully saturated rings. The van der Waals surface area contributed by atoms with E-state index in [0.29, 0.717) is 6.04 Å². The van der Waals surface area contributed by atoms with Gasteiger partial charge >= 0.3 is 0 Å². The van der Waals surface area contributed by atoms with Gasteiger partial charge in [0, 0.05) is 18.6 Å². The Morgan fingerprint density at radius 1 is 1.12 bits per heavy atom. The Kier molecular flexibility index (Phi) is 4.87. The first-order chi connectivity index (χ1) is 8.24. The van der Waals surface area contributed by atoms with Crippen LogP contribution in [0.5, 0.6) is 0 Å². The van der Waals surface area contributed by atoms with E-state index >= 15 is 0 Å². The lowest BCUT2D eigenvalue weighted by Crippen LogP contribution is -2.44. The molecule has 100 valence electrons. The first kappa shape index (κ1) is 13.4. The molecule has 0 aromatic rings. The number of likely N-dealkylation sites (tertiary alicyclic amines) is 1. The monoisotopic (exact) mass is 238 g/mol. The summed E-state index contributed by atoms with van der Waals surface area (Å²) >= 11 is 0. The van der Waals surface area contributed by atoms with Gasteiger partial charge in [0.1, 0.15) is 0 Å². The van der Waals surface area contributed by atoms with Crippen LogP contribution in [0.4, 0.5) is 0 Å². The fourth-order valence-electron chi connectivity index (χ4n) is 3.86. The standard InChI is InChI=1S/C15H30N2/c1-3-12-7-8-15(16)13(10-12)11-17-9-5-6-14(17)4-2/h12-15H,3-11,16H2,1-2H3. The summed E-state index contributed by atoms with van der Waals surface area (Å²) < 4.78 is 0. The highest BCUT2D eigenvalue weighted by atomic mass is 15.2. The van der Waals surface area contributed by atoms with Crippen molar-refractivity contribution in [2.24, 2.45) is 17.6 Å². The molecule has 1 aliphatic heterocycles. The molecule has 0 aromatic heterocycles.